The fourth-order valence-electron chi connectivity index (χ4n) is 0.521. The fourth-order valence-corrected chi connectivity index (χ4v) is 0.521. The minimum absolute atomic E-state index is 0.122. The van der Waals surface area contributed by atoms with Crippen LogP contribution in [0.2, 0.25) is 0 Å². The molecule has 1 rings (SSSR count). The van der Waals surface area contributed by atoms with Crippen molar-refractivity contribution < 1.29 is 14.7 Å². The number of carbonyl (C=O) groups is 2. The number of carboxylic acid groups (broad SMARTS) is 1. The van der Waals surface area contributed by atoms with E-state index in [4.69, 9.17) is 32.8 Å². The number of guanidine groups is 1. The van der Waals surface area contributed by atoms with Crippen molar-refractivity contribution >= 4 is 35.8 Å². The number of nitrogens with two attached hydrogens (primary N) is 5. The first-order chi connectivity index (χ1) is 11.0. The predicted octanol–water partition coefficient (Wildman–Crippen LogP) is -2.66. The van der Waals surface area contributed by atoms with Crippen LogP contribution in [-0.4, -0.2) is 59.2 Å². The molecule has 14 heteroatoms. The highest BCUT2D eigenvalue weighted by atomic mass is 16.4. The highest BCUT2D eigenvalue weighted by Gasteiger charge is 1.96. The molecule has 0 aromatic carbocycles. The van der Waals surface area contributed by atoms with Gasteiger partial charge in [-0.1, -0.05) is 0 Å². The number of carboxylic acids is 1. The minimum Gasteiger partial charge on any atom is -0.481 e. The second-order valence-electron chi connectivity index (χ2n) is 3.41. The number of carbonyl (C=O) groups excluding carboxylic acids is 1. The van der Waals surface area contributed by atoms with Gasteiger partial charge in [0.2, 0.25) is 17.8 Å². The third kappa shape index (κ3) is 26.9. The van der Waals surface area contributed by atoms with Crippen LogP contribution in [0.4, 0.5) is 22.6 Å². The zero-order valence-corrected chi connectivity index (χ0v) is 13.9. The van der Waals surface area contributed by atoms with Crippen LogP contribution in [0.15, 0.2) is 4.99 Å². The molecule has 24 heavy (non-hydrogen) atoms. The van der Waals surface area contributed by atoms with Crippen LogP contribution in [0.1, 0.15) is 6.92 Å². The maximum absolute atomic E-state index is 9.48. The number of aliphatic imine (C=N–C) groups is 1. The third-order valence-electron chi connectivity index (χ3n) is 1.40. The van der Waals surface area contributed by atoms with Gasteiger partial charge in [-0.05, 0) is 0 Å². The van der Waals surface area contributed by atoms with Gasteiger partial charge in [0.25, 0.3) is 5.97 Å². The van der Waals surface area contributed by atoms with Gasteiger partial charge in [0.05, 0.1) is 0 Å². The molecule has 1 aromatic rings. The van der Waals surface area contributed by atoms with Crippen LogP contribution in [0, 0.1) is 0 Å². The summed E-state index contributed by atoms with van der Waals surface area (Å²) < 4.78 is 0. The van der Waals surface area contributed by atoms with Crippen molar-refractivity contribution in [3.8, 4) is 0 Å². The summed E-state index contributed by atoms with van der Waals surface area (Å²) in [5, 5.41) is 12.3. The Morgan fingerprint density at radius 3 is 1.50 bits per heavy atom. The van der Waals surface area contributed by atoms with Crippen molar-refractivity contribution in [1.29, 1.82) is 0 Å². The fraction of sp³-hybridized carbons (Fsp3) is 0.400. The van der Waals surface area contributed by atoms with Gasteiger partial charge in [0, 0.05) is 28.1 Å². The monoisotopic (exact) mass is 347 g/mol. The van der Waals surface area contributed by atoms with Crippen molar-refractivity contribution in [3.05, 3.63) is 0 Å². The molecular formula is C10H25N11O3. The molecular weight excluding hydrogens is 322 g/mol. The third-order valence-corrected chi connectivity index (χ3v) is 1.40. The van der Waals surface area contributed by atoms with Crippen LogP contribution >= 0.6 is 0 Å². The smallest absolute Gasteiger partial charge is 0.311 e. The van der Waals surface area contributed by atoms with Gasteiger partial charge in [0.1, 0.15) is 0 Å². The predicted molar refractivity (Wildman–Crippen MR) is 91.9 cm³/mol. The van der Waals surface area contributed by atoms with Crippen molar-refractivity contribution in [2.45, 2.75) is 6.92 Å². The number of amides is 2. The molecule has 1 heterocycles. The maximum Gasteiger partial charge on any atom is 0.311 e. The molecule has 138 valence electrons. The summed E-state index contributed by atoms with van der Waals surface area (Å²) in [5.74, 6) is -0.0799. The number of hydrogen-bond acceptors (Lipinski definition) is 9. The molecule has 0 bridgehead atoms. The lowest BCUT2D eigenvalue weighted by Gasteiger charge is -1.98. The average molecular weight is 347 g/mol. The lowest BCUT2D eigenvalue weighted by Crippen LogP contribution is -2.24. The number of nitrogen functional groups attached to an aromatic ring is 2. The van der Waals surface area contributed by atoms with E-state index in [1.165, 1.54) is 14.1 Å². The second kappa shape index (κ2) is 15.8. The molecule has 0 fully saturated rings. The topological polar surface area (TPSA) is 260 Å². The molecule has 0 saturated heterocycles. The standard InChI is InChI=1S/C4H8N6.C2H7N3.C2H6N2O.C2H4O2/c1-7-4-9-2(5)8-3(6)10-4;1-5-2(3)4;1-4-2(3)5;1-2(3)4/h1H3,(H5,5,6,7,8,9,10);1H3,(H4,3,4,5);1H3,(H3,3,4,5);1H3,(H,3,4). The molecule has 13 N–H and O–H groups in total. The van der Waals surface area contributed by atoms with E-state index in [2.05, 4.69) is 36.3 Å². The number of anilines is 3. The molecule has 0 radical (unpaired) electrons. The quantitative estimate of drug-likeness (QED) is 0.192. The molecule has 1 aromatic heterocycles. The van der Waals surface area contributed by atoms with Gasteiger partial charge >= 0.3 is 6.03 Å². The minimum atomic E-state index is -0.833. The van der Waals surface area contributed by atoms with E-state index in [0.717, 1.165) is 6.92 Å². The molecule has 2 amide bonds. The largest absolute Gasteiger partial charge is 0.481 e. The number of aliphatic carboxylic acids is 1. The van der Waals surface area contributed by atoms with E-state index >= 15 is 0 Å². The van der Waals surface area contributed by atoms with Gasteiger partial charge in [-0.3, -0.25) is 9.79 Å². The summed E-state index contributed by atoms with van der Waals surface area (Å²) in [5.41, 5.74) is 24.7. The number of hydrogen-bond donors (Lipinski definition) is 8. The molecule has 0 spiro atoms. The zero-order chi connectivity index (χ0) is 19.7. The van der Waals surface area contributed by atoms with Crippen molar-refractivity contribution in [2.75, 3.05) is 37.9 Å². The number of nitrogens with zero attached hydrogens (tertiary/aromatic N) is 4. The van der Waals surface area contributed by atoms with Crippen LogP contribution in [0.5, 0.6) is 0 Å². The number of aromatic nitrogens is 3. The molecule has 0 aliphatic carbocycles. The Labute approximate surface area is 138 Å². The van der Waals surface area contributed by atoms with E-state index < -0.39 is 12.0 Å². The summed E-state index contributed by atoms with van der Waals surface area (Å²) in [6.07, 6.45) is 0. The molecule has 0 unspecified atom stereocenters. The average Bonchev–Trinajstić information content (AvgIpc) is 2.46. The van der Waals surface area contributed by atoms with E-state index in [1.54, 1.807) is 7.05 Å². The molecule has 14 nitrogen and oxygen atoms in total. The van der Waals surface area contributed by atoms with Crippen molar-refractivity contribution in [1.82, 2.24) is 20.3 Å². The Morgan fingerprint density at radius 2 is 1.33 bits per heavy atom. The van der Waals surface area contributed by atoms with Gasteiger partial charge < -0.3 is 44.4 Å². The Kier molecular flexibility index (Phi) is 16.7. The van der Waals surface area contributed by atoms with Crippen molar-refractivity contribution in [3.63, 3.8) is 0 Å². The highest BCUT2D eigenvalue weighted by Crippen LogP contribution is 2.00. The van der Waals surface area contributed by atoms with Gasteiger partial charge in [-0.25, -0.2) is 4.79 Å². The SMILES string of the molecule is CC(=O)O.CN=C(N)N.CNC(N)=O.CNc1nc(N)nc(N)n1. The Hall–Kier alpha value is -3.58. The van der Waals surface area contributed by atoms with Crippen LogP contribution < -0.4 is 39.3 Å². The summed E-state index contributed by atoms with van der Waals surface area (Å²) in [6.45, 7) is 1.08. The maximum atomic E-state index is 9.48. The normalized spacial score (nSPS) is 7.67. The number of rotatable bonds is 1. The van der Waals surface area contributed by atoms with Crippen molar-refractivity contribution in [2.24, 2.45) is 22.2 Å². The molecule has 0 aliphatic heterocycles. The number of nitrogens with one attached hydrogen (secondary N) is 2. The van der Waals surface area contributed by atoms with Crippen LogP contribution in [0.25, 0.3) is 0 Å². The van der Waals surface area contributed by atoms with E-state index in [-0.39, 0.29) is 17.9 Å². The summed E-state index contributed by atoms with van der Waals surface area (Å²) in [6, 6.07) is -0.495. The van der Waals surface area contributed by atoms with E-state index in [0.29, 0.717) is 5.95 Å². The highest BCUT2D eigenvalue weighted by molar-refractivity contribution is 5.75. The first kappa shape index (κ1) is 25.4. The van der Waals surface area contributed by atoms with Crippen LogP contribution in [0.3, 0.4) is 0 Å². The first-order valence-corrected chi connectivity index (χ1v) is 6.09. The zero-order valence-electron chi connectivity index (χ0n) is 13.9. The Morgan fingerprint density at radius 1 is 1.04 bits per heavy atom. The molecule has 0 saturated carbocycles. The van der Waals surface area contributed by atoms with E-state index in [9.17, 15) is 4.79 Å². The Bertz CT molecular complexity index is 493. The lowest BCUT2D eigenvalue weighted by molar-refractivity contribution is -0.134. The second-order valence-corrected chi connectivity index (χ2v) is 3.41. The summed E-state index contributed by atoms with van der Waals surface area (Å²) in [7, 11) is 4.69. The Balaban J connectivity index is -0.000000270. The number of urea groups is 1. The van der Waals surface area contributed by atoms with E-state index in [1.807, 2.05) is 0 Å². The first-order valence-electron chi connectivity index (χ1n) is 6.09. The lowest BCUT2D eigenvalue weighted by atomic mass is 10.8. The summed E-state index contributed by atoms with van der Waals surface area (Å²) in [4.78, 5) is 32.8. The van der Waals surface area contributed by atoms with Gasteiger partial charge in [-0.2, -0.15) is 15.0 Å². The van der Waals surface area contributed by atoms with Crippen LogP contribution in [-0.2, 0) is 4.79 Å². The van der Waals surface area contributed by atoms with Gasteiger partial charge in [-0.15, -0.1) is 0 Å². The van der Waals surface area contributed by atoms with Gasteiger partial charge in [0.15, 0.2) is 5.96 Å². The molecule has 0 aliphatic rings. The molecule has 0 atom stereocenters. The number of primary amides is 1. The summed E-state index contributed by atoms with van der Waals surface area (Å²) >= 11 is 0.